The van der Waals surface area contributed by atoms with Gasteiger partial charge in [-0.3, -0.25) is 4.90 Å². The second-order valence-corrected chi connectivity index (χ2v) is 7.04. The van der Waals surface area contributed by atoms with Crippen LogP contribution in [0.1, 0.15) is 31.6 Å². The Morgan fingerprint density at radius 2 is 2.07 bits per heavy atom. The van der Waals surface area contributed by atoms with Gasteiger partial charge in [0.15, 0.2) is 5.79 Å². The molecule has 3 aliphatic rings. The Morgan fingerprint density at radius 3 is 2.71 bits per heavy atom. The minimum atomic E-state index is -0.685. The molecule has 1 aromatic rings. The van der Waals surface area contributed by atoms with E-state index < -0.39 is 17.8 Å². The third-order valence-corrected chi connectivity index (χ3v) is 5.29. The summed E-state index contributed by atoms with van der Waals surface area (Å²) in [6.45, 7) is 5.17. The van der Waals surface area contributed by atoms with Gasteiger partial charge in [0, 0.05) is 38.2 Å². The molecular formula is C19H25N3O6. The van der Waals surface area contributed by atoms with E-state index in [0.717, 1.165) is 25.9 Å². The number of furan rings is 1. The molecule has 1 spiro atoms. The highest BCUT2D eigenvalue weighted by atomic mass is 16.7. The SMILES string of the molecule is CCOC(=O)C1=C(CN2CCC3(CC2)OCCO3)NC(=O)NC1c1ccco1. The van der Waals surface area contributed by atoms with Gasteiger partial charge in [-0.25, -0.2) is 9.59 Å². The molecule has 4 heterocycles. The summed E-state index contributed by atoms with van der Waals surface area (Å²) in [5.74, 6) is -0.453. The first kappa shape index (κ1) is 19.0. The van der Waals surface area contributed by atoms with E-state index in [1.54, 1.807) is 19.1 Å². The molecule has 1 aromatic heterocycles. The average Bonchev–Trinajstić information content (AvgIpc) is 3.36. The van der Waals surface area contributed by atoms with Gasteiger partial charge in [-0.2, -0.15) is 0 Å². The second kappa shape index (κ2) is 7.94. The zero-order valence-corrected chi connectivity index (χ0v) is 15.9. The number of likely N-dealkylation sites (tertiary alicyclic amines) is 1. The van der Waals surface area contributed by atoms with Gasteiger partial charge in [0.1, 0.15) is 11.8 Å². The van der Waals surface area contributed by atoms with Crippen LogP contribution in [0.2, 0.25) is 0 Å². The maximum atomic E-state index is 12.7. The van der Waals surface area contributed by atoms with Crippen LogP contribution in [-0.2, 0) is 19.0 Å². The molecule has 9 heteroatoms. The highest BCUT2D eigenvalue weighted by Gasteiger charge is 2.41. The smallest absolute Gasteiger partial charge is 0.338 e. The quantitative estimate of drug-likeness (QED) is 0.729. The fraction of sp³-hybridized carbons (Fsp3) is 0.579. The normalized spacial score (nSPS) is 24.9. The Morgan fingerprint density at radius 1 is 1.32 bits per heavy atom. The highest BCUT2D eigenvalue weighted by Crippen LogP contribution is 2.33. The van der Waals surface area contributed by atoms with Gasteiger partial charge in [-0.15, -0.1) is 0 Å². The number of nitrogens with one attached hydrogen (secondary N) is 2. The molecule has 1 unspecified atom stereocenters. The zero-order valence-electron chi connectivity index (χ0n) is 15.9. The minimum Gasteiger partial charge on any atom is -0.467 e. The molecule has 2 fully saturated rings. The van der Waals surface area contributed by atoms with Crippen LogP contribution in [0.3, 0.4) is 0 Å². The Hall–Kier alpha value is -2.36. The largest absolute Gasteiger partial charge is 0.467 e. The van der Waals surface area contributed by atoms with E-state index in [0.29, 0.717) is 36.8 Å². The standard InChI is InChI=1S/C19H25N3O6/c1-2-25-17(23)15-13(20-18(24)21-16(15)14-4-3-9-26-14)12-22-7-5-19(6-8-22)27-10-11-28-19/h3-4,9,16H,2,5-8,10-12H2,1H3,(H2,20,21,24). The van der Waals surface area contributed by atoms with Crippen LogP contribution in [-0.4, -0.2) is 62.1 Å². The van der Waals surface area contributed by atoms with Crippen LogP contribution in [0.15, 0.2) is 34.1 Å². The molecule has 152 valence electrons. The second-order valence-electron chi connectivity index (χ2n) is 7.04. The van der Waals surface area contributed by atoms with E-state index in [1.165, 1.54) is 6.26 Å². The van der Waals surface area contributed by atoms with Crippen molar-refractivity contribution in [2.75, 3.05) is 39.5 Å². The molecule has 1 atom stereocenters. The number of urea groups is 1. The molecule has 0 aromatic carbocycles. The van der Waals surface area contributed by atoms with E-state index in [1.807, 2.05) is 0 Å². The Labute approximate surface area is 163 Å². The minimum absolute atomic E-state index is 0.245. The summed E-state index contributed by atoms with van der Waals surface area (Å²) in [7, 11) is 0. The Kier molecular flexibility index (Phi) is 5.38. The van der Waals surface area contributed by atoms with Crippen LogP contribution in [0.5, 0.6) is 0 Å². The first-order valence-corrected chi connectivity index (χ1v) is 9.61. The predicted octanol–water partition coefficient (Wildman–Crippen LogP) is 1.29. The highest BCUT2D eigenvalue weighted by molar-refractivity contribution is 5.95. The molecule has 2 N–H and O–H groups in total. The number of rotatable bonds is 5. The van der Waals surface area contributed by atoms with Gasteiger partial charge in [-0.1, -0.05) is 0 Å². The lowest BCUT2D eigenvalue weighted by Crippen LogP contribution is -2.51. The van der Waals surface area contributed by atoms with Crippen molar-refractivity contribution in [1.82, 2.24) is 15.5 Å². The lowest BCUT2D eigenvalue weighted by molar-refractivity contribution is -0.184. The molecule has 0 aliphatic carbocycles. The Balaban J connectivity index is 1.56. The molecule has 0 radical (unpaired) electrons. The number of carbonyl (C=O) groups excluding carboxylic acids is 2. The fourth-order valence-electron chi connectivity index (χ4n) is 3.92. The number of nitrogens with zero attached hydrogens (tertiary/aromatic N) is 1. The number of ether oxygens (including phenoxy) is 3. The number of hydrogen-bond donors (Lipinski definition) is 2. The number of esters is 1. The number of amides is 2. The lowest BCUT2D eigenvalue weighted by atomic mass is 9.98. The van der Waals surface area contributed by atoms with Crippen LogP contribution in [0.4, 0.5) is 4.79 Å². The summed E-state index contributed by atoms with van der Waals surface area (Å²) in [4.78, 5) is 27.1. The topological polar surface area (TPSA) is 102 Å². The third-order valence-electron chi connectivity index (χ3n) is 5.29. The number of hydrogen-bond acceptors (Lipinski definition) is 7. The molecule has 3 aliphatic heterocycles. The zero-order chi connectivity index (χ0) is 19.6. The van der Waals surface area contributed by atoms with E-state index in [9.17, 15) is 9.59 Å². The Bertz CT molecular complexity index is 744. The van der Waals surface area contributed by atoms with Crippen LogP contribution >= 0.6 is 0 Å². The maximum Gasteiger partial charge on any atom is 0.338 e. The average molecular weight is 391 g/mol. The molecule has 2 saturated heterocycles. The van der Waals surface area contributed by atoms with Crippen molar-refractivity contribution in [3.05, 3.63) is 35.4 Å². The van der Waals surface area contributed by atoms with Gasteiger partial charge >= 0.3 is 12.0 Å². The molecule has 28 heavy (non-hydrogen) atoms. The van der Waals surface area contributed by atoms with Crippen molar-refractivity contribution in [3.8, 4) is 0 Å². The molecule has 9 nitrogen and oxygen atoms in total. The van der Waals surface area contributed by atoms with Crippen molar-refractivity contribution in [1.29, 1.82) is 0 Å². The predicted molar refractivity (Wildman–Crippen MR) is 97.1 cm³/mol. The summed E-state index contributed by atoms with van der Waals surface area (Å²) in [6, 6.07) is 2.39. The number of piperidine rings is 1. The van der Waals surface area contributed by atoms with E-state index in [-0.39, 0.29) is 12.6 Å². The first-order chi connectivity index (χ1) is 13.6. The fourth-order valence-corrected chi connectivity index (χ4v) is 3.92. The van der Waals surface area contributed by atoms with Gasteiger partial charge in [0.25, 0.3) is 0 Å². The van der Waals surface area contributed by atoms with Crippen LogP contribution < -0.4 is 10.6 Å². The van der Waals surface area contributed by atoms with Crippen molar-refractivity contribution in [2.45, 2.75) is 31.6 Å². The van der Waals surface area contributed by atoms with Gasteiger partial charge in [0.05, 0.1) is 31.7 Å². The monoisotopic (exact) mass is 391 g/mol. The van der Waals surface area contributed by atoms with Crippen molar-refractivity contribution in [3.63, 3.8) is 0 Å². The summed E-state index contributed by atoms with van der Waals surface area (Å²) in [6.07, 6.45) is 3.02. The molecule has 2 amide bonds. The lowest BCUT2D eigenvalue weighted by Gasteiger charge is -2.38. The maximum absolute atomic E-state index is 12.7. The van der Waals surface area contributed by atoms with Crippen molar-refractivity contribution in [2.24, 2.45) is 0 Å². The van der Waals surface area contributed by atoms with E-state index in [4.69, 9.17) is 18.6 Å². The van der Waals surface area contributed by atoms with Crippen LogP contribution in [0.25, 0.3) is 0 Å². The van der Waals surface area contributed by atoms with Gasteiger partial charge < -0.3 is 29.3 Å². The number of carbonyl (C=O) groups is 2. The molecular weight excluding hydrogens is 366 g/mol. The third kappa shape index (κ3) is 3.78. The molecule has 4 rings (SSSR count). The van der Waals surface area contributed by atoms with E-state index in [2.05, 4.69) is 15.5 Å². The molecule has 0 bridgehead atoms. The van der Waals surface area contributed by atoms with Gasteiger partial charge in [-0.05, 0) is 19.1 Å². The summed E-state index contributed by atoms with van der Waals surface area (Å²) in [5.41, 5.74) is 0.901. The van der Waals surface area contributed by atoms with E-state index >= 15 is 0 Å². The summed E-state index contributed by atoms with van der Waals surface area (Å²) < 4.78 is 22.2. The van der Waals surface area contributed by atoms with Crippen molar-refractivity contribution < 1.29 is 28.2 Å². The summed E-state index contributed by atoms with van der Waals surface area (Å²) >= 11 is 0. The van der Waals surface area contributed by atoms with Crippen LogP contribution in [0, 0.1) is 0 Å². The van der Waals surface area contributed by atoms with Gasteiger partial charge in [0.2, 0.25) is 0 Å². The molecule has 0 saturated carbocycles. The summed E-state index contributed by atoms with van der Waals surface area (Å²) in [5, 5.41) is 5.54. The first-order valence-electron chi connectivity index (χ1n) is 9.61. The van der Waals surface area contributed by atoms with Crippen molar-refractivity contribution >= 4 is 12.0 Å².